The number of fused-ring (bicyclic) bond motifs is 3. The molecule has 0 N–H and O–H groups in total. The van der Waals surface area contributed by atoms with Crippen molar-refractivity contribution in [2.24, 2.45) is 5.92 Å². The zero-order chi connectivity index (χ0) is 25.5. The van der Waals surface area contributed by atoms with Crippen LogP contribution >= 0.6 is 0 Å². The second kappa shape index (κ2) is 9.38. The molecule has 3 aromatic carbocycles. The Bertz CT molecular complexity index is 1750. The fourth-order valence-corrected chi connectivity index (χ4v) is 5.63. The summed E-state index contributed by atoms with van der Waals surface area (Å²) in [6.07, 6.45) is 13.9. The maximum absolute atomic E-state index is 5.03. The smallest absolute Gasteiger partial charge is 0.164 e. The quantitative estimate of drug-likeness (QED) is 0.253. The number of para-hydroxylation sites is 2. The summed E-state index contributed by atoms with van der Waals surface area (Å²) in [4.78, 5) is 15.0. The monoisotopic (exact) mass is 492 g/mol. The van der Waals surface area contributed by atoms with Gasteiger partial charge in [-0.3, -0.25) is 0 Å². The fraction of sp³-hybridized carbons (Fsp3) is 0.147. The van der Waals surface area contributed by atoms with Crippen LogP contribution in [0.1, 0.15) is 37.8 Å². The van der Waals surface area contributed by atoms with Crippen molar-refractivity contribution in [3.63, 3.8) is 0 Å². The molecule has 4 heteroatoms. The summed E-state index contributed by atoms with van der Waals surface area (Å²) < 4.78 is 2.41. The molecular weight excluding hydrogens is 464 g/mol. The molecule has 7 rings (SSSR count). The van der Waals surface area contributed by atoms with Gasteiger partial charge < -0.3 is 4.57 Å². The lowest BCUT2D eigenvalue weighted by molar-refractivity contribution is 0.742. The Kier molecular flexibility index (Phi) is 5.58. The van der Waals surface area contributed by atoms with E-state index in [1.165, 1.54) is 27.5 Å². The van der Waals surface area contributed by atoms with E-state index in [0.717, 1.165) is 47.6 Å². The summed E-state index contributed by atoms with van der Waals surface area (Å²) in [5.74, 6) is 2.68. The second-order valence-electron chi connectivity index (χ2n) is 10.1. The lowest BCUT2D eigenvalue weighted by Gasteiger charge is -2.18. The number of rotatable bonds is 4. The van der Waals surface area contributed by atoms with E-state index in [1.807, 2.05) is 18.2 Å². The minimum Gasteiger partial charge on any atom is -0.313 e. The molecule has 2 aliphatic carbocycles. The summed E-state index contributed by atoms with van der Waals surface area (Å²) >= 11 is 0. The van der Waals surface area contributed by atoms with Gasteiger partial charge in [0.2, 0.25) is 0 Å². The van der Waals surface area contributed by atoms with Crippen LogP contribution in [0, 0.1) is 5.92 Å². The number of aromatic nitrogens is 4. The molecule has 5 aromatic rings. The Hall–Kier alpha value is -4.57. The van der Waals surface area contributed by atoms with E-state index in [0.29, 0.717) is 11.7 Å². The largest absolute Gasteiger partial charge is 0.313 e. The van der Waals surface area contributed by atoms with Gasteiger partial charge >= 0.3 is 0 Å². The van der Waals surface area contributed by atoms with Crippen LogP contribution in [0.4, 0.5) is 0 Å². The molecule has 4 nitrogen and oxygen atoms in total. The molecule has 0 radical (unpaired) electrons. The maximum atomic E-state index is 5.03. The molecule has 184 valence electrons. The van der Waals surface area contributed by atoms with Gasteiger partial charge in [0.15, 0.2) is 17.5 Å². The van der Waals surface area contributed by atoms with Gasteiger partial charge in [0.05, 0.1) is 11.0 Å². The number of hydrogen-bond donors (Lipinski definition) is 0. The van der Waals surface area contributed by atoms with Crippen molar-refractivity contribution in [1.29, 1.82) is 0 Å². The van der Waals surface area contributed by atoms with Crippen LogP contribution in [0.15, 0.2) is 109 Å². The number of nitrogens with zero attached hydrogens (tertiary/aromatic N) is 4. The van der Waals surface area contributed by atoms with E-state index in [4.69, 9.17) is 15.0 Å². The van der Waals surface area contributed by atoms with Gasteiger partial charge in [0, 0.05) is 27.6 Å². The molecule has 0 amide bonds. The molecule has 2 heterocycles. The standard InChI is InChI=1S/C34H28N4/c1-23-11-9-14-25(21-23)33-35-32(24-12-3-2-4-13-24)36-34(37-33)26-15-10-16-27(22-26)38-30-19-7-5-17-28(30)29-18-6-8-20-31(29)38/h2-9,11-15,17-20,22-23H,10,16,21H2,1H3. The van der Waals surface area contributed by atoms with Crippen LogP contribution in [0.25, 0.3) is 50.0 Å². The van der Waals surface area contributed by atoms with Gasteiger partial charge in [-0.1, -0.05) is 98.0 Å². The summed E-state index contributed by atoms with van der Waals surface area (Å²) in [7, 11) is 0. The van der Waals surface area contributed by atoms with Crippen LogP contribution in [0.5, 0.6) is 0 Å². The summed E-state index contributed by atoms with van der Waals surface area (Å²) in [5, 5.41) is 2.56. The summed E-state index contributed by atoms with van der Waals surface area (Å²) in [6, 6.07) is 27.5. The van der Waals surface area contributed by atoms with Crippen molar-refractivity contribution in [3.8, 4) is 11.4 Å². The Morgan fingerprint density at radius 2 is 1.39 bits per heavy atom. The SMILES string of the molecule is CC1C=CC=C(c2nc(C3=CCCC(n4c5ccccc5c5ccccc54)=C3)nc(-c3ccccc3)n2)C1. The van der Waals surface area contributed by atoms with Crippen LogP contribution < -0.4 is 0 Å². The van der Waals surface area contributed by atoms with Crippen molar-refractivity contribution in [3.05, 3.63) is 121 Å². The van der Waals surface area contributed by atoms with E-state index in [1.54, 1.807) is 0 Å². The molecule has 1 unspecified atom stereocenters. The van der Waals surface area contributed by atoms with E-state index in [-0.39, 0.29) is 0 Å². The highest BCUT2D eigenvalue weighted by Gasteiger charge is 2.20. The van der Waals surface area contributed by atoms with Gasteiger partial charge in [0.1, 0.15) is 0 Å². The molecular formula is C34H28N4. The van der Waals surface area contributed by atoms with E-state index in [9.17, 15) is 0 Å². The first kappa shape index (κ1) is 22.6. The second-order valence-corrected chi connectivity index (χ2v) is 10.1. The predicted molar refractivity (Wildman–Crippen MR) is 157 cm³/mol. The van der Waals surface area contributed by atoms with Crippen LogP contribution in [0.2, 0.25) is 0 Å². The van der Waals surface area contributed by atoms with E-state index in [2.05, 4.69) is 103 Å². The molecule has 0 saturated heterocycles. The Morgan fingerprint density at radius 1 is 0.737 bits per heavy atom. The number of benzene rings is 3. The van der Waals surface area contributed by atoms with E-state index >= 15 is 0 Å². The zero-order valence-corrected chi connectivity index (χ0v) is 21.4. The molecule has 0 aliphatic heterocycles. The van der Waals surface area contributed by atoms with Crippen molar-refractivity contribution in [1.82, 2.24) is 19.5 Å². The molecule has 0 spiro atoms. The van der Waals surface area contributed by atoms with Gasteiger partial charge in [-0.25, -0.2) is 15.0 Å². The molecule has 1 atom stereocenters. The molecule has 0 fully saturated rings. The molecule has 2 aliphatic rings. The third-order valence-electron chi connectivity index (χ3n) is 7.45. The molecule has 2 aromatic heterocycles. The van der Waals surface area contributed by atoms with Crippen LogP contribution in [0.3, 0.4) is 0 Å². The third-order valence-corrected chi connectivity index (χ3v) is 7.45. The predicted octanol–water partition coefficient (Wildman–Crippen LogP) is 8.34. The van der Waals surface area contributed by atoms with Crippen LogP contribution in [-0.4, -0.2) is 19.5 Å². The third kappa shape index (κ3) is 3.99. The zero-order valence-electron chi connectivity index (χ0n) is 21.4. The molecule has 0 bridgehead atoms. The summed E-state index contributed by atoms with van der Waals surface area (Å²) in [6.45, 7) is 2.23. The minimum absolute atomic E-state index is 0.464. The first-order valence-electron chi connectivity index (χ1n) is 13.3. The van der Waals surface area contributed by atoms with Crippen LogP contribution in [-0.2, 0) is 0 Å². The first-order chi connectivity index (χ1) is 18.7. The average Bonchev–Trinajstić information content (AvgIpc) is 3.32. The first-order valence-corrected chi connectivity index (χ1v) is 13.3. The minimum atomic E-state index is 0.464. The Labute approximate surface area is 222 Å². The topological polar surface area (TPSA) is 43.6 Å². The van der Waals surface area contributed by atoms with Gasteiger partial charge in [-0.15, -0.1) is 0 Å². The normalized spacial score (nSPS) is 17.4. The average molecular weight is 493 g/mol. The summed E-state index contributed by atoms with van der Waals surface area (Å²) in [5.41, 5.74) is 6.93. The van der Waals surface area contributed by atoms with Gasteiger partial charge in [-0.05, 0) is 49.0 Å². The van der Waals surface area contributed by atoms with Gasteiger partial charge in [0.25, 0.3) is 0 Å². The highest BCUT2D eigenvalue weighted by molar-refractivity contribution is 6.10. The number of hydrogen-bond acceptors (Lipinski definition) is 3. The fourth-order valence-electron chi connectivity index (χ4n) is 5.63. The van der Waals surface area contributed by atoms with Gasteiger partial charge in [-0.2, -0.15) is 0 Å². The maximum Gasteiger partial charge on any atom is 0.164 e. The lowest BCUT2D eigenvalue weighted by atomic mass is 9.95. The molecule has 0 saturated carbocycles. The van der Waals surface area contributed by atoms with Crippen molar-refractivity contribution in [2.45, 2.75) is 26.2 Å². The van der Waals surface area contributed by atoms with E-state index < -0.39 is 0 Å². The number of allylic oxidation sites excluding steroid dienone is 8. The van der Waals surface area contributed by atoms with Crippen molar-refractivity contribution >= 4 is 38.6 Å². The Balaban J connectivity index is 1.38. The van der Waals surface area contributed by atoms with Crippen molar-refractivity contribution in [2.75, 3.05) is 0 Å². The Morgan fingerprint density at radius 3 is 2.13 bits per heavy atom. The van der Waals surface area contributed by atoms with Crippen molar-refractivity contribution < 1.29 is 0 Å². The highest BCUT2D eigenvalue weighted by atomic mass is 15.0. The highest BCUT2D eigenvalue weighted by Crippen LogP contribution is 2.36. The lowest BCUT2D eigenvalue weighted by Crippen LogP contribution is -2.08. The molecule has 38 heavy (non-hydrogen) atoms.